The Kier molecular flexibility index (Phi) is 3.83. The summed E-state index contributed by atoms with van der Waals surface area (Å²) in [4.78, 5) is 0.871. The predicted molar refractivity (Wildman–Crippen MR) is 56.4 cm³/mol. The SMILES string of the molecule is CC=CCSc1cc(N)cc(F)c1. The smallest absolute Gasteiger partial charge is 0.126 e. The summed E-state index contributed by atoms with van der Waals surface area (Å²) in [6, 6.07) is 4.58. The quantitative estimate of drug-likeness (QED) is 0.458. The molecule has 0 amide bonds. The van der Waals surface area contributed by atoms with Gasteiger partial charge in [-0.2, -0.15) is 0 Å². The lowest BCUT2D eigenvalue weighted by atomic mass is 10.3. The van der Waals surface area contributed by atoms with Crippen LogP contribution < -0.4 is 5.73 Å². The van der Waals surface area contributed by atoms with E-state index in [9.17, 15) is 4.39 Å². The minimum atomic E-state index is -0.275. The van der Waals surface area contributed by atoms with Gasteiger partial charge in [0, 0.05) is 16.3 Å². The molecule has 0 bridgehead atoms. The summed E-state index contributed by atoms with van der Waals surface area (Å²) in [5, 5.41) is 0. The highest BCUT2D eigenvalue weighted by Crippen LogP contribution is 2.21. The zero-order valence-electron chi connectivity index (χ0n) is 7.46. The lowest BCUT2D eigenvalue weighted by Crippen LogP contribution is -1.87. The molecular formula is C10H12FNS. The summed E-state index contributed by atoms with van der Waals surface area (Å²) in [7, 11) is 0. The normalized spacial score (nSPS) is 10.9. The van der Waals surface area contributed by atoms with E-state index in [1.165, 1.54) is 12.1 Å². The molecule has 0 saturated heterocycles. The number of anilines is 1. The van der Waals surface area contributed by atoms with Crippen molar-refractivity contribution in [3.8, 4) is 0 Å². The molecule has 0 aromatic heterocycles. The van der Waals surface area contributed by atoms with Crippen LogP contribution in [-0.2, 0) is 0 Å². The van der Waals surface area contributed by atoms with Gasteiger partial charge in [0.25, 0.3) is 0 Å². The maximum Gasteiger partial charge on any atom is 0.126 e. The van der Waals surface area contributed by atoms with E-state index in [1.54, 1.807) is 17.8 Å². The van der Waals surface area contributed by atoms with Crippen molar-refractivity contribution in [3.63, 3.8) is 0 Å². The third-order valence-corrected chi connectivity index (χ3v) is 2.40. The molecule has 0 atom stereocenters. The third kappa shape index (κ3) is 3.51. The maximum absolute atomic E-state index is 12.8. The molecule has 1 aromatic carbocycles. The number of thioether (sulfide) groups is 1. The van der Waals surface area contributed by atoms with Crippen LogP contribution in [0.3, 0.4) is 0 Å². The van der Waals surface area contributed by atoms with Crippen LogP contribution in [0.2, 0.25) is 0 Å². The Labute approximate surface area is 81.8 Å². The van der Waals surface area contributed by atoms with Crippen LogP contribution in [0, 0.1) is 5.82 Å². The summed E-state index contributed by atoms with van der Waals surface area (Å²) < 4.78 is 12.8. The van der Waals surface area contributed by atoms with E-state index in [0.29, 0.717) is 5.69 Å². The molecule has 2 N–H and O–H groups in total. The molecule has 1 nitrogen and oxygen atoms in total. The molecule has 1 rings (SSSR count). The van der Waals surface area contributed by atoms with Gasteiger partial charge in [-0.25, -0.2) is 4.39 Å². The lowest BCUT2D eigenvalue weighted by Gasteiger charge is -2.00. The molecule has 1 aromatic rings. The van der Waals surface area contributed by atoms with E-state index in [1.807, 2.05) is 19.1 Å². The molecule has 0 radical (unpaired) electrons. The molecule has 0 saturated carbocycles. The topological polar surface area (TPSA) is 26.0 Å². The molecule has 0 aliphatic carbocycles. The Morgan fingerprint density at radius 2 is 2.23 bits per heavy atom. The first-order valence-corrected chi connectivity index (χ1v) is 5.01. The fourth-order valence-corrected chi connectivity index (χ4v) is 1.80. The van der Waals surface area contributed by atoms with Crippen molar-refractivity contribution >= 4 is 17.4 Å². The Hall–Kier alpha value is -0.960. The summed E-state index contributed by atoms with van der Waals surface area (Å²) >= 11 is 1.57. The Morgan fingerprint density at radius 3 is 2.85 bits per heavy atom. The van der Waals surface area contributed by atoms with Crippen molar-refractivity contribution < 1.29 is 4.39 Å². The molecule has 0 aliphatic rings. The molecule has 0 spiro atoms. The predicted octanol–water partition coefficient (Wildman–Crippen LogP) is 3.08. The first-order valence-electron chi connectivity index (χ1n) is 4.02. The molecular weight excluding hydrogens is 185 g/mol. The maximum atomic E-state index is 12.8. The van der Waals surface area contributed by atoms with Crippen LogP contribution in [0.15, 0.2) is 35.2 Å². The Balaban J connectivity index is 2.66. The van der Waals surface area contributed by atoms with Gasteiger partial charge in [-0.1, -0.05) is 12.2 Å². The molecule has 0 aliphatic heterocycles. The van der Waals surface area contributed by atoms with Crippen LogP contribution in [0.25, 0.3) is 0 Å². The fourth-order valence-electron chi connectivity index (χ4n) is 0.908. The van der Waals surface area contributed by atoms with Gasteiger partial charge in [-0.15, -0.1) is 11.8 Å². The minimum absolute atomic E-state index is 0.275. The first-order chi connectivity index (χ1) is 6.22. The first kappa shape index (κ1) is 10.1. The summed E-state index contributed by atoms with van der Waals surface area (Å²) in [6.45, 7) is 1.96. The van der Waals surface area contributed by atoms with E-state index in [2.05, 4.69) is 0 Å². The second-order valence-corrected chi connectivity index (χ2v) is 3.69. The number of allylic oxidation sites excluding steroid dienone is 1. The van der Waals surface area contributed by atoms with Crippen molar-refractivity contribution in [2.75, 3.05) is 11.5 Å². The van der Waals surface area contributed by atoms with Gasteiger partial charge in [0.05, 0.1) is 0 Å². The number of nitrogens with two attached hydrogens (primary N) is 1. The second kappa shape index (κ2) is 4.92. The molecule has 0 heterocycles. The molecule has 3 heteroatoms. The van der Waals surface area contributed by atoms with E-state index < -0.39 is 0 Å². The van der Waals surface area contributed by atoms with Gasteiger partial charge in [-0.3, -0.25) is 0 Å². The van der Waals surface area contributed by atoms with Gasteiger partial charge >= 0.3 is 0 Å². The molecule has 13 heavy (non-hydrogen) atoms. The van der Waals surface area contributed by atoms with E-state index in [-0.39, 0.29) is 5.82 Å². The number of rotatable bonds is 3. The summed E-state index contributed by atoms with van der Waals surface area (Å²) in [5.41, 5.74) is 5.97. The number of halogens is 1. The van der Waals surface area contributed by atoms with Crippen LogP contribution in [0.4, 0.5) is 10.1 Å². The number of benzene rings is 1. The lowest BCUT2D eigenvalue weighted by molar-refractivity contribution is 0.625. The van der Waals surface area contributed by atoms with Crippen molar-refractivity contribution in [2.24, 2.45) is 0 Å². The monoisotopic (exact) mass is 197 g/mol. The number of nitrogen functional groups attached to an aromatic ring is 1. The molecule has 0 fully saturated rings. The molecule has 0 unspecified atom stereocenters. The number of hydrogen-bond acceptors (Lipinski definition) is 2. The Morgan fingerprint density at radius 1 is 1.46 bits per heavy atom. The highest BCUT2D eigenvalue weighted by molar-refractivity contribution is 7.99. The van der Waals surface area contributed by atoms with Gasteiger partial charge in [0.1, 0.15) is 5.82 Å². The van der Waals surface area contributed by atoms with Gasteiger partial charge in [-0.05, 0) is 25.1 Å². The minimum Gasteiger partial charge on any atom is -0.399 e. The standard InChI is InChI=1S/C10H12FNS/c1-2-3-4-13-10-6-8(11)5-9(12)7-10/h2-3,5-7H,4,12H2,1H3. The van der Waals surface area contributed by atoms with Crippen molar-refractivity contribution in [1.82, 2.24) is 0 Å². The highest BCUT2D eigenvalue weighted by atomic mass is 32.2. The van der Waals surface area contributed by atoms with Crippen molar-refractivity contribution in [3.05, 3.63) is 36.2 Å². The van der Waals surface area contributed by atoms with Gasteiger partial charge in [0.15, 0.2) is 0 Å². The third-order valence-electron chi connectivity index (χ3n) is 1.48. The second-order valence-electron chi connectivity index (χ2n) is 2.60. The van der Waals surface area contributed by atoms with Crippen LogP contribution in [-0.4, -0.2) is 5.75 Å². The number of hydrogen-bond donors (Lipinski definition) is 1. The van der Waals surface area contributed by atoms with E-state index in [4.69, 9.17) is 5.73 Å². The highest BCUT2D eigenvalue weighted by Gasteiger charge is 1.97. The van der Waals surface area contributed by atoms with Crippen LogP contribution >= 0.6 is 11.8 Å². The fraction of sp³-hybridized carbons (Fsp3) is 0.200. The van der Waals surface area contributed by atoms with Crippen LogP contribution in [0.5, 0.6) is 0 Å². The van der Waals surface area contributed by atoms with Crippen molar-refractivity contribution in [2.45, 2.75) is 11.8 Å². The zero-order valence-corrected chi connectivity index (χ0v) is 8.27. The average molecular weight is 197 g/mol. The van der Waals surface area contributed by atoms with Gasteiger partial charge in [0.2, 0.25) is 0 Å². The Bertz CT molecular complexity index is 290. The average Bonchev–Trinajstić information content (AvgIpc) is 2.03. The van der Waals surface area contributed by atoms with E-state index in [0.717, 1.165) is 10.6 Å². The summed E-state index contributed by atoms with van der Waals surface area (Å²) in [6.07, 6.45) is 3.99. The molecule has 70 valence electrons. The van der Waals surface area contributed by atoms with Crippen LogP contribution in [0.1, 0.15) is 6.92 Å². The summed E-state index contributed by atoms with van der Waals surface area (Å²) in [5.74, 6) is 0.572. The van der Waals surface area contributed by atoms with E-state index >= 15 is 0 Å². The zero-order chi connectivity index (χ0) is 9.68. The van der Waals surface area contributed by atoms with Crippen molar-refractivity contribution in [1.29, 1.82) is 0 Å². The van der Waals surface area contributed by atoms with Gasteiger partial charge < -0.3 is 5.73 Å². The largest absolute Gasteiger partial charge is 0.399 e.